The Balaban J connectivity index is 3.28. The van der Waals surface area contributed by atoms with E-state index in [4.69, 9.17) is 20.6 Å². The fourth-order valence-electron chi connectivity index (χ4n) is 1.44. The summed E-state index contributed by atoms with van der Waals surface area (Å²) < 4.78 is 15.4. The quantitative estimate of drug-likeness (QED) is 0.576. The summed E-state index contributed by atoms with van der Waals surface area (Å²) in [6.07, 6.45) is 5.15. The van der Waals surface area contributed by atoms with Gasteiger partial charge in [-0.25, -0.2) is 0 Å². The molecular formula is C13H14O4. The SMILES string of the molecule is C#CCC(=O)c1cc(OC)c(OC)c(OC)c1. The summed E-state index contributed by atoms with van der Waals surface area (Å²) in [5, 5.41) is 0. The van der Waals surface area contributed by atoms with Crippen molar-refractivity contribution in [3.8, 4) is 29.6 Å². The predicted octanol–water partition coefficient (Wildman–Crippen LogP) is 1.92. The summed E-state index contributed by atoms with van der Waals surface area (Å²) in [6.45, 7) is 0. The van der Waals surface area contributed by atoms with E-state index in [1.807, 2.05) is 0 Å². The molecule has 1 rings (SSSR count). The highest BCUT2D eigenvalue weighted by molar-refractivity contribution is 5.98. The first kappa shape index (κ1) is 12.9. The number of rotatable bonds is 5. The van der Waals surface area contributed by atoms with E-state index in [0.717, 1.165) is 0 Å². The van der Waals surface area contributed by atoms with Crippen molar-refractivity contribution >= 4 is 5.78 Å². The molecule has 0 amide bonds. The van der Waals surface area contributed by atoms with Crippen molar-refractivity contribution < 1.29 is 19.0 Å². The van der Waals surface area contributed by atoms with Crippen molar-refractivity contribution in [3.63, 3.8) is 0 Å². The van der Waals surface area contributed by atoms with Gasteiger partial charge in [0.25, 0.3) is 0 Å². The van der Waals surface area contributed by atoms with Crippen molar-refractivity contribution in [3.05, 3.63) is 17.7 Å². The molecule has 90 valence electrons. The van der Waals surface area contributed by atoms with Crippen molar-refractivity contribution in [2.75, 3.05) is 21.3 Å². The lowest BCUT2D eigenvalue weighted by Crippen LogP contribution is -2.01. The molecule has 0 aromatic heterocycles. The van der Waals surface area contributed by atoms with Crippen LogP contribution in [0.15, 0.2) is 12.1 Å². The average Bonchev–Trinajstić information content (AvgIpc) is 2.37. The number of hydrogen-bond acceptors (Lipinski definition) is 4. The molecule has 17 heavy (non-hydrogen) atoms. The Kier molecular flexibility index (Phi) is 4.41. The highest BCUT2D eigenvalue weighted by Crippen LogP contribution is 2.38. The zero-order valence-corrected chi connectivity index (χ0v) is 10.1. The number of ketones is 1. The molecule has 4 nitrogen and oxygen atoms in total. The number of benzene rings is 1. The van der Waals surface area contributed by atoms with Crippen LogP contribution in [0, 0.1) is 12.3 Å². The van der Waals surface area contributed by atoms with Gasteiger partial charge in [-0.2, -0.15) is 0 Å². The van der Waals surface area contributed by atoms with E-state index in [-0.39, 0.29) is 12.2 Å². The summed E-state index contributed by atoms with van der Waals surface area (Å²) in [4.78, 5) is 11.7. The van der Waals surface area contributed by atoms with Crippen molar-refractivity contribution in [1.29, 1.82) is 0 Å². The van der Waals surface area contributed by atoms with Gasteiger partial charge in [-0.05, 0) is 12.1 Å². The van der Waals surface area contributed by atoms with Crippen LogP contribution < -0.4 is 14.2 Å². The number of hydrogen-bond donors (Lipinski definition) is 0. The maximum Gasteiger partial charge on any atom is 0.203 e. The molecule has 0 bridgehead atoms. The first-order valence-electron chi connectivity index (χ1n) is 4.94. The van der Waals surface area contributed by atoms with E-state index in [9.17, 15) is 4.79 Å². The van der Waals surface area contributed by atoms with Gasteiger partial charge in [0.15, 0.2) is 17.3 Å². The maximum atomic E-state index is 11.7. The summed E-state index contributed by atoms with van der Waals surface area (Å²) in [6, 6.07) is 3.17. The van der Waals surface area contributed by atoms with E-state index in [1.54, 1.807) is 12.1 Å². The molecule has 0 fully saturated rings. The molecule has 0 heterocycles. The molecule has 1 aromatic carbocycles. The summed E-state index contributed by atoms with van der Waals surface area (Å²) in [5.41, 5.74) is 0.442. The van der Waals surface area contributed by atoms with Crippen LogP contribution in [-0.2, 0) is 0 Å². The minimum Gasteiger partial charge on any atom is -0.493 e. The molecule has 0 aliphatic rings. The first-order valence-corrected chi connectivity index (χ1v) is 4.94. The van der Waals surface area contributed by atoms with Gasteiger partial charge in [0.1, 0.15) is 0 Å². The van der Waals surface area contributed by atoms with Crippen LogP contribution in [0.1, 0.15) is 16.8 Å². The van der Waals surface area contributed by atoms with Crippen LogP contribution in [0.4, 0.5) is 0 Å². The van der Waals surface area contributed by atoms with Gasteiger partial charge in [0, 0.05) is 5.56 Å². The number of carbonyl (C=O) groups is 1. The second kappa shape index (κ2) is 5.80. The normalized spacial score (nSPS) is 9.29. The standard InChI is InChI=1S/C13H14O4/c1-5-6-10(14)9-7-11(15-2)13(17-4)12(8-9)16-3/h1,7-8H,6H2,2-4H3. The molecular weight excluding hydrogens is 220 g/mol. The van der Waals surface area contributed by atoms with Gasteiger partial charge in [-0.15, -0.1) is 6.42 Å². The van der Waals surface area contributed by atoms with Crippen LogP contribution in [-0.4, -0.2) is 27.1 Å². The molecule has 0 spiro atoms. The van der Waals surface area contributed by atoms with Crippen LogP contribution in [0.2, 0.25) is 0 Å². The second-order valence-corrected chi connectivity index (χ2v) is 3.22. The minimum atomic E-state index is -0.160. The number of methoxy groups -OCH3 is 3. The fourth-order valence-corrected chi connectivity index (χ4v) is 1.44. The van der Waals surface area contributed by atoms with E-state index < -0.39 is 0 Å². The van der Waals surface area contributed by atoms with Gasteiger partial charge >= 0.3 is 0 Å². The largest absolute Gasteiger partial charge is 0.493 e. The number of Topliss-reactive ketones (excluding diaryl/α,β-unsaturated/α-hetero) is 1. The van der Waals surface area contributed by atoms with Crippen molar-refractivity contribution in [2.24, 2.45) is 0 Å². The van der Waals surface area contributed by atoms with Crippen LogP contribution in [0.25, 0.3) is 0 Å². The number of ether oxygens (including phenoxy) is 3. The Morgan fingerprint density at radius 1 is 1.18 bits per heavy atom. The second-order valence-electron chi connectivity index (χ2n) is 3.22. The van der Waals surface area contributed by atoms with Gasteiger partial charge in [-0.1, -0.05) is 5.92 Å². The van der Waals surface area contributed by atoms with E-state index in [2.05, 4.69) is 5.92 Å². The van der Waals surface area contributed by atoms with E-state index in [1.165, 1.54) is 21.3 Å². The van der Waals surface area contributed by atoms with Crippen LogP contribution in [0.3, 0.4) is 0 Å². The Morgan fingerprint density at radius 3 is 2.06 bits per heavy atom. The molecule has 0 atom stereocenters. The fraction of sp³-hybridized carbons (Fsp3) is 0.308. The van der Waals surface area contributed by atoms with Gasteiger partial charge in [0.2, 0.25) is 5.75 Å². The molecule has 0 unspecified atom stereocenters. The highest BCUT2D eigenvalue weighted by atomic mass is 16.5. The third-order valence-corrected chi connectivity index (χ3v) is 2.25. The maximum absolute atomic E-state index is 11.7. The first-order chi connectivity index (χ1) is 8.17. The highest BCUT2D eigenvalue weighted by Gasteiger charge is 2.16. The Morgan fingerprint density at radius 2 is 1.71 bits per heavy atom. The third-order valence-electron chi connectivity index (χ3n) is 2.25. The summed E-state index contributed by atoms with van der Waals surface area (Å²) >= 11 is 0. The molecule has 0 radical (unpaired) electrons. The van der Waals surface area contributed by atoms with Crippen LogP contribution in [0.5, 0.6) is 17.2 Å². The van der Waals surface area contributed by atoms with Gasteiger partial charge in [0.05, 0.1) is 27.8 Å². The molecule has 0 N–H and O–H groups in total. The average molecular weight is 234 g/mol. The summed E-state index contributed by atoms with van der Waals surface area (Å²) in [5.74, 6) is 3.47. The van der Waals surface area contributed by atoms with Crippen LogP contribution >= 0.6 is 0 Å². The lowest BCUT2D eigenvalue weighted by molar-refractivity contribution is 0.0997. The molecule has 0 saturated carbocycles. The zero-order chi connectivity index (χ0) is 12.8. The number of terminal acetylenes is 1. The third kappa shape index (κ3) is 2.70. The number of carbonyl (C=O) groups excluding carboxylic acids is 1. The molecule has 0 saturated heterocycles. The molecule has 0 aliphatic carbocycles. The predicted molar refractivity (Wildman–Crippen MR) is 63.9 cm³/mol. The lowest BCUT2D eigenvalue weighted by Gasteiger charge is -2.13. The topological polar surface area (TPSA) is 44.8 Å². The van der Waals surface area contributed by atoms with E-state index >= 15 is 0 Å². The minimum absolute atomic E-state index is 0.0403. The Labute approximate surface area is 100 Å². The Hall–Kier alpha value is -2.15. The monoisotopic (exact) mass is 234 g/mol. The Bertz CT molecular complexity index is 432. The lowest BCUT2D eigenvalue weighted by atomic mass is 10.1. The molecule has 0 aliphatic heterocycles. The molecule has 4 heteroatoms. The summed E-state index contributed by atoms with van der Waals surface area (Å²) in [7, 11) is 4.49. The van der Waals surface area contributed by atoms with E-state index in [0.29, 0.717) is 22.8 Å². The van der Waals surface area contributed by atoms with Gasteiger partial charge in [-0.3, -0.25) is 4.79 Å². The van der Waals surface area contributed by atoms with Crippen molar-refractivity contribution in [2.45, 2.75) is 6.42 Å². The zero-order valence-electron chi connectivity index (χ0n) is 10.1. The smallest absolute Gasteiger partial charge is 0.203 e. The molecule has 1 aromatic rings. The van der Waals surface area contributed by atoms with Crippen molar-refractivity contribution in [1.82, 2.24) is 0 Å². The van der Waals surface area contributed by atoms with Gasteiger partial charge < -0.3 is 14.2 Å².